The molecule has 0 saturated heterocycles. The molecule has 2 rings (SSSR count). The van der Waals surface area contributed by atoms with Crippen molar-refractivity contribution in [3.63, 3.8) is 0 Å². The zero-order valence-corrected chi connectivity index (χ0v) is 9.57. The van der Waals surface area contributed by atoms with E-state index in [2.05, 4.69) is 31.9 Å². The van der Waals surface area contributed by atoms with Gasteiger partial charge < -0.3 is 5.73 Å². The van der Waals surface area contributed by atoms with E-state index >= 15 is 0 Å². The normalized spacial score (nSPS) is 45.5. The number of hydrogen-bond donors (Lipinski definition) is 1. The zero-order chi connectivity index (χ0) is 8.06. The van der Waals surface area contributed by atoms with Gasteiger partial charge in [-0.1, -0.05) is 31.9 Å². The molecule has 2 aliphatic carbocycles. The molecule has 1 nitrogen and oxygen atoms in total. The highest BCUT2D eigenvalue weighted by Crippen LogP contribution is 2.70. The van der Waals surface area contributed by atoms with Crippen LogP contribution in [0.1, 0.15) is 19.3 Å². The number of hydrogen-bond acceptors (Lipinski definition) is 1. The molecule has 3 heteroatoms. The molecular formula is C8H13Br2N. The first-order chi connectivity index (χ1) is 5.16. The van der Waals surface area contributed by atoms with Crippen LogP contribution >= 0.6 is 31.9 Å². The average Bonchev–Trinajstić information content (AvgIpc) is 2.37. The van der Waals surface area contributed by atoms with Crippen LogP contribution in [0.4, 0.5) is 0 Å². The maximum absolute atomic E-state index is 5.51. The van der Waals surface area contributed by atoms with E-state index in [1.807, 2.05) is 0 Å². The van der Waals surface area contributed by atoms with E-state index in [9.17, 15) is 0 Å². The van der Waals surface area contributed by atoms with E-state index in [-0.39, 0.29) is 0 Å². The van der Waals surface area contributed by atoms with Gasteiger partial charge in [-0.05, 0) is 43.6 Å². The lowest BCUT2D eigenvalue weighted by Crippen LogP contribution is -2.10. The van der Waals surface area contributed by atoms with Gasteiger partial charge in [0.1, 0.15) is 0 Å². The SMILES string of the molecule is NCCC1C[C@@H]2[C@H](C1)C2(Br)Br. The fourth-order valence-corrected chi connectivity index (χ4v) is 4.15. The molecule has 11 heavy (non-hydrogen) atoms. The van der Waals surface area contributed by atoms with Crippen molar-refractivity contribution in [2.75, 3.05) is 6.54 Å². The fourth-order valence-electron chi connectivity index (χ4n) is 2.39. The number of alkyl halides is 2. The van der Waals surface area contributed by atoms with Crippen molar-refractivity contribution < 1.29 is 0 Å². The highest BCUT2D eigenvalue weighted by molar-refractivity contribution is 9.25. The van der Waals surface area contributed by atoms with Crippen LogP contribution in [0.3, 0.4) is 0 Å². The largest absolute Gasteiger partial charge is 0.330 e. The Morgan fingerprint density at radius 3 is 2.27 bits per heavy atom. The van der Waals surface area contributed by atoms with Crippen molar-refractivity contribution in [2.24, 2.45) is 23.5 Å². The second kappa shape index (κ2) is 2.71. The van der Waals surface area contributed by atoms with Gasteiger partial charge in [0.05, 0.1) is 3.23 Å². The van der Waals surface area contributed by atoms with Gasteiger partial charge in [0, 0.05) is 0 Å². The third-order valence-electron chi connectivity index (χ3n) is 3.11. The van der Waals surface area contributed by atoms with Gasteiger partial charge >= 0.3 is 0 Å². The summed E-state index contributed by atoms with van der Waals surface area (Å²) < 4.78 is 0.325. The molecule has 0 aromatic heterocycles. The first kappa shape index (κ1) is 8.52. The molecule has 0 bridgehead atoms. The molecule has 0 aliphatic heterocycles. The van der Waals surface area contributed by atoms with Crippen LogP contribution in [0, 0.1) is 17.8 Å². The van der Waals surface area contributed by atoms with Gasteiger partial charge in [-0.25, -0.2) is 0 Å². The summed E-state index contributed by atoms with van der Waals surface area (Å²) >= 11 is 7.39. The summed E-state index contributed by atoms with van der Waals surface area (Å²) in [5.74, 6) is 2.69. The van der Waals surface area contributed by atoms with Gasteiger partial charge in [0.25, 0.3) is 0 Å². The van der Waals surface area contributed by atoms with Crippen LogP contribution in [0.5, 0.6) is 0 Å². The maximum Gasteiger partial charge on any atom is 0.0868 e. The number of halogens is 2. The summed E-state index contributed by atoms with van der Waals surface area (Å²) in [6.07, 6.45) is 3.97. The minimum atomic E-state index is 0.325. The van der Waals surface area contributed by atoms with E-state index in [1.165, 1.54) is 19.3 Å². The van der Waals surface area contributed by atoms with Crippen LogP contribution in [-0.2, 0) is 0 Å². The Kier molecular flexibility index (Phi) is 2.10. The summed E-state index contributed by atoms with van der Waals surface area (Å²) in [5.41, 5.74) is 5.51. The highest BCUT2D eigenvalue weighted by atomic mass is 79.9. The molecular weight excluding hydrogens is 270 g/mol. The fraction of sp³-hybridized carbons (Fsp3) is 1.00. The summed E-state index contributed by atoms with van der Waals surface area (Å²) in [5, 5.41) is 0. The Labute approximate surface area is 84.4 Å². The standard InChI is InChI=1S/C8H13Br2N/c9-8(10)6-3-5(1-2-11)4-7(6)8/h5-7H,1-4,11H2/t5?,6-,7+. The van der Waals surface area contributed by atoms with Gasteiger partial charge in [-0.15, -0.1) is 0 Å². The van der Waals surface area contributed by atoms with E-state index in [4.69, 9.17) is 5.73 Å². The molecule has 3 atom stereocenters. The van der Waals surface area contributed by atoms with Crippen LogP contribution in [0.2, 0.25) is 0 Å². The molecule has 64 valence electrons. The van der Waals surface area contributed by atoms with Crippen molar-refractivity contribution >= 4 is 31.9 Å². The van der Waals surface area contributed by atoms with Crippen molar-refractivity contribution in [3.8, 4) is 0 Å². The van der Waals surface area contributed by atoms with Crippen LogP contribution in [0.25, 0.3) is 0 Å². The third kappa shape index (κ3) is 1.29. The number of fused-ring (bicyclic) bond motifs is 1. The molecule has 2 N–H and O–H groups in total. The summed E-state index contributed by atoms with van der Waals surface area (Å²) in [6.45, 7) is 0.863. The van der Waals surface area contributed by atoms with Crippen LogP contribution < -0.4 is 5.73 Å². The van der Waals surface area contributed by atoms with Gasteiger partial charge in [0.15, 0.2) is 0 Å². The van der Waals surface area contributed by atoms with Gasteiger partial charge in [-0.3, -0.25) is 0 Å². The van der Waals surface area contributed by atoms with Crippen LogP contribution in [-0.4, -0.2) is 9.78 Å². The Morgan fingerprint density at radius 2 is 1.82 bits per heavy atom. The summed E-state index contributed by atoms with van der Waals surface area (Å²) in [4.78, 5) is 0. The molecule has 2 aliphatic rings. The van der Waals surface area contributed by atoms with E-state index in [0.29, 0.717) is 3.23 Å². The molecule has 1 unspecified atom stereocenters. The number of rotatable bonds is 2. The van der Waals surface area contributed by atoms with Crippen molar-refractivity contribution in [2.45, 2.75) is 22.5 Å². The van der Waals surface area contributed by atoms with E-state index < -0.39 is 0 Å². The first-order valence-corrected chi connectivity index (χ1v) is 5.82. The lowest BCUT2D eigenvalue weighted by atomic mass is 10.00. The summed E-state index contributed by atoms with van der Waals surface area (Å²) in [7, 11) is 0. The van der Waals surface area contributed by atoms with Gasteiger partial charge in [0.2, 0.25) is 0 Å². The molecule has 0 amide bonds. The van der Waals surface area contributed by atoms with Crippen LogP contribution in [0.15, 0.2) is 0 Å². The Hall–Kier alpha value is 0.920. The predicted molar refractivity (Wildman–Crippen MR) is 54.0 cm³/mol. The molecule has 2 fully saturated rings. The predicted octanol–water partition coefficient (Wildman–Crippen LogP) is 2.48. The Bertz CT molecular complexity index is 155. The van der Waals surface area contributed by atoms with Crippen molar-refractivity contribution in [3.05, 3.63) is 0 Å². The monoisotopic (exact) mass is 281 g/mol. The molecule has 0 heterocycles. The maximum atomic E-state index is 5.51. The van der Waals surface area contributed by atoms with Crippen molar-refractivity contribution in [1.29, 1.82) is 0 Å². The quantitative estimate of drug-likeness (QED) is 0.774. The highest BCUT2D eigenvalue weighted by Gasteiger charge is 2.65. The lowest BCUT2D eigenvalue weighted by molar-refractivity contribution is 0.459. The lowest BCUT2D eigenvalue weighted by Gasteiger charge is -2.13. The zero-order valence-electron chi connectivity index (χ0n) is 6.39. The molecule has 0 aromatic rings. The smallest absolute Gasteiger partial charge is 0.0868 e. The van der Waals surface area contributed by atoms with Crippen molar-refractivity contribution in [1.82, 2.24) is 0 Å². The van der Waals surface area contributed by atoms with Gasteiger partial charge in [-0.2, -0.15) is 0 Å². The molecule has 0 spiro atoms. The molecule has 0 radical (unpaired) electrons. The minimum Gasteiger partial charge on any atom is -0.330 e. The van der Waals surface area contributed by atoms with E-state index in [0.717, 1.165) is 24.3 Å². The minimum absolute atomic E-state index is 0.325. The average molecular weight is 283 g/mol. The Morgan fingerprint density at radius 1 is 1.27 bits per heavy atom. The molecule has 0 aromatic carbocycles. The summed E-state index contributed by atoms with van der Waals surface area (Å²) in [6, 6.07) is 0. The topological polar surface area (TPSA) is 26.0 Å². The Balaban J connectivity index is 1.85. The second-order valence-electron chi connectivity index (χ2n) is 3.80. The first-order valence-electron chi connectivity index (χ1n) is 4.24. The second-order valence-corrected chi connectivity index (χ2v) is 7.49. The molecule has 2 saturated carbocycles. The van der Waals surface area contributed by atoms with E-state index in [1.54, 1.807) is 0 Å². The number of nitrogens with two attached hydrogens (primary N) is 1. The third-order valence-corrected chi connectivity index (χ3v) is 5.47.